The molecule has 1 fully saturated rings. The number of methoxy groups -OCH3 is 1. The Morgan fingerprint density at radius 1 is 1.19 bits per heavy atom. The Morgan fingerprint density at radius 2 is 2.06 bits per heavy atom. The summed E-state index contributed by atoms with van der Waals surface area (Å²) in [6.45, 7) is 1.25. The lowest BCUT2D eigenvalue weighted by Crippen LogP contribution is -2.39. The molecule has 3 aromatic heterocycles. The van der Waals surface area contributed by atoms with Crippen LogP contribution in [-0.4, -0.2) is 55.4 Å². The van der Waals surface area contributed by atoms with Crippen molar-refractivity contribution in [3.63, 3.8) is 0 Å². The molecule has 0 bridgehead atoms. The number of ether oxygens (including phenoxy) is 1. The van der Waals surface area contributed by atoms with Crippen molar-refractivity contribution in [1.29, 1.82) is 0 Å². The number of fused-ring (bicyclic) bond motifs is 1. The van der Waals surface area contributed by atoms with Crippen molar-refractivity contribution < 1.29 is 13.9 Å². The fourth-order valence-electron chi connectivity index (χ4n) is 4.20. The fourth-order valence-corrected chi connectivity index (χ4v) is 4.20. The van der Waals surface area contributed by atoms with Crippen molar-refractivity contribution >= 4 is 11.6 Å². The number of nitrogens with zero attached hydrogens (tertiary/aromatic N) is 6. The highest BCUT2D eigenvalue weighted by molar-refractivity contribution is 5.92. The molecule has 1 atom stereocenters. The molecule has 5 rings (SSSR count). The van der Waals surface area contributed by atoms with Gasteiger partial charge in [0.2, 0.25) is 0 Å². The van der Waals surface area contributed by atoms with E-state index < -0.39 is 0 Å². The first kappa shape index (κ1) is 20.2. The standard InChI is InChI=1S/C23H23FN6O2/c1-28-11-9-19(26-28)23(31)29-10-3-4-16(13-29)22-25-21-8-5-15(14-30(21)27-22)18-12-17(24)6-7-20(18)32-2/h5-9,11-12,14,16H,3-4,10,13H2,1-2H3. The number of hydrogen-bond acceptors (Lipinski definition) is 5. The molecule has 9 heteroatoms. The number of pyridine rings is 1. The highest BCUT2D eigenvalue weighted by atomic mass is 19.1. The predicted octanol–water partition coefficient (Wildman–Crippen LogP) is 3.30. The van der Waals surface area contributed by atoms with Gasteiger partial charge in [0.1, 0.15) is 17.3 Å². The Kier molecular flexibility index (Phi) is 5.08. The number of rotatable bonds is 4. The number of hydrogen-bond donors (Lipinski definition) is 0. The summed E-state index contributed by atoms with van der Waals surface area (Å²) in [5, 5.41) is 8.91. The van der Waals surface area contributed by atoms with Gasteiger partial charge in [0.15, 0.2) is 11.5 Å². The maximum atomic E-state index is 13.8. The van der Waals surface area contributed by atoms with E-state index in [4.69, 9.17) is 9.72 Å². The van der Waals surface area contributed by atoms with Crippen LogP contribution in [0.15, 0.2) is 48.8 Å². The Balaban J connectivity index is 1.41. The SMILES string of the molecule is COc1ccc(F)cc1-c1ccc2nc(C3CCCN(C(=O)c4ccn(C)n4)C3)nn2c1. The summed E-state index contributed by atoms with van der Waals surface area (Å²) in [4.78, 5) is 19.3. The maximum Gasteiger partial charge on any atom is 0.274 e. The number of likely N-dealkylation sites (tertiary alicyclic amines) is 1. The molecule has 4 aromatic rings. The number of halogens is 1. The van der Waals surface area contributed by atoms with Gasteiger partial charge in [-0.05, 0) is 49.2 Å². The number of amides is 1. The normalized spacial score (nSPS) is 16.5. The third-order valence-electron chi connectivity index (χ3n) is 5.83. The van der Waals surface area contributed by atoms with E-state index in [-0.39, 0.29) is 17.6 Å². The average Bonchev–Trinajstić information content (AvgIpc) is 3.44. The van der Waals surface area contributed by atoms with Crippen molar-refractivity contribution in [3.05, 3.63) is 66.1 Å². The molecule has 4 heterocycles. The Hall–Kier alpha value is -3.75. The van der Waals surface area contributed by atoms with E-state index in [1.807, 2.05) is 23.2 Å². The molecule has 1 aliphatic rings. The first-order valence-electron chi connectivity index (χ1n) is 10.5. The zero-order valence-corrected chi connectivity index (χ0v) is 17.9. The molecule has 32 heavy (non-hydrogen) atoms. The number of carbonyl (C=O) groups excluding carboxylic acids is 1. The molecule has 0 N–H and O–H groups in total. The van der Waals surface area contributed by atoms with Crippen molar-refractivity contribution in [2.75, 3.05) is 20.2 Å². The van der Waals surface area contributed by atoms with E-state index in [1.165, 1.54) is 12.1 Å². The molecule has 1 aliphatic heterocycles. The molecular weight excluding hydrogens is 411 g/mol. The molecule has 0 spiro atoms. The molecule has 164 valence electrons. The van der Waals surface area contributed by atoms with Crippen LogP contribution < -0.4 is 4.74 Å². The van der Waals surface area contributed by atoms with E-state index in [2.05, 4.69) is 10.2 Å². The first-order valence-corrected chi connectivity index (χ1v) is 10.5. The first-order chi connectivity index (χ1) is 15.5. The summed E-state index contributed by atoms with van der Waals surface area (Å²) in [5.41, 5.74) is 2.58. The van der Waals surface area contributed by atoms with Gasteiger partial charge in [-0.15, -0.1) is 0 Å². The Morgan fingerprint density at radius 3 is 2.84 bits per heavy atom. The Labute approximate surface area is 184 Å². The van der Waals surface area contributed by atoms with Crippen LogP contribution in [0.5, 0.6) is 5.75 Å². The van der Waals surface area contributed by atoms with Gasteiger partial charge in [-0.1, -0.05) is 0 Å². The molecular formula is C23H23FN6O2. The van der Waals surface area contributed by atoms with E-state index in [1.54, 1.807) is 41.7 Å². The molecule has 1 aromatic carbocycles. The van der Waals surface area contributed by atoms with Crippen LogP contribution in [-0.2, 0) is 7.05 Å². The molecule has 8 nitrogen and oxygen atoms in total. The topological polar surface area (TPSA) is 77.5 Å². The smallest absolute Gasteiger partial charge is 0.274 e. The number of aromatic nitrogens is 5. The molecule has 0 saturated carbocycles. The highest BCUT2D eigenvalue weighted by Crippen LogP contribution is 2.31. The second-order valence-corrected chi connectivity index (χ2v) is 8.00. The van der Waals surface area contributed by atoms with Gasteiger partial charge in [-0.2, -0.15) is 10.2 Å². The average molecular weight is 434 g/mol. The lowest BCUT2D eigenvalue weighted by Gasteiger charge is -2.30. The van der Waals surface area contributed by atoms with Gasteiger partial charge in [0.05, 0.1) is 7.11 Å². The predicted molar refractivity (Wildman–Crippen MR) is 116 cm³/mol. The van der Waals surface area contributed by atoms with E-state index in [9.17, 15) is 9.18 Å². The van der Waals surface area contributed by atoms with Crippen LogP contribution in [0.25, 0.3) is 16.8 Å². The lowest BCUT2D eigenvalue weighted by molar-refractivity contribution is 0.0698. The molecule has 1 saturated heterocycles. The van der Waals surface area contributed by atoms with E-state index in [0.717, 1.165) is 18.4 Å². The number of piperidine rings is 1. The number of aryl methyl sites for hydroxylation is 1. The monoisotopic (exact) mass is 434 g/mol. The van der Waals surface area contributed by atoms with Crippen molar-refractivity contribution in [3.8, 4) is 16.9 Å². The van der Waals surface area contributed by atoms with E-state index in [0.29, 0.717) is 41.6 Å². The van der Waals surface area contributed by atoms with Crippen molar-refractivity contribution in [2.45, 2.75) is 18.8 Å². The van der Waals surface area contributed by atoms with Crippen LogP contribution in [0.1, 0.15) is 35.1 Å². The Bertz CT molecular complexity index is 1300. The molecule has 1 unspecified atom stereocenters. The maximum absolute atomic E-state index is 13.8. The summed E-state index contributed by atoms with van der Waals surface area (Å²) < 4.78 is 22.5. The van der Waals surface area contributed by atoms with Crippen LogP contribution in [0, 0.1) is 5.82 Å². The van der Waals surface area contributed by atoms with Crippen molar-refractivity contribution in [1.82, 2.24) is 29.3 Å². The fraction of sp³-hybridized carbons (Fsp3) is 0.304. The summed E-state index contributed by atoms with van der Waals surface area (Å²) >= 11 is 0. The summed E-state index contributed by atoms with van der Waals surface area (Å²) in [7, 11) is 3.36. The van der Waals surface area contributed by atoms with Crippen LogP contribution >= 0.6 is 0 Å². The minimum Gasteiger partial charge on any atom is -0.496 e. The van der Waals surface area contributed by atoms with Gasteiger partial charge in [-0.25, -0.2) is 13.9 Å². The minimum absolute atomic E-state index is 0.0449. The second kappa shape index (κ2) is 8.07. The summed E-state index contributed by atoms with van der Waals surface area (Å²) in [6.07, 6.45) is 5.38. The minimum atomic E-state index is -0.333. The third kappa shape index (κ3) is 3.70. The van der Waals surface area contributed by atoms with Crippen LogP contribution in [0.4, 0.5) is 4.39 Å². The molecule has 0 radical (unpaired) electrons. The second-order valence-electron chi connectivity index (χ2n) is 8.00. The van der Waals surface area contributed by atoms with Gasteiger partial charge in [0.25, 0.3) is 5.91 Å². The zero-order chi connectivity index (χ0) is 22.2. The van der Waals surface area contributed by atoms with Crippen LogP contribution in [0.3, 0.4) is 0 Å². The van der Waals surface area contributed by atoms with E-state index >= 15 is 0 Å². The van der Waals surface area contributed by atoms with Gasteiger partial charge >= 0.3 is 0 Å². The highest BCUT2D eigenvalue weighted by Gasteiger charge is 2.29. The largest absolute Gasteiger partial charge is 0.496 e. The summed E-state index contributed by atoms with van der Waals surface area (Å²) in [5.74, 6) is 0.928. The molecule has 0 aliphatic carbocycles. The number of benzene rings is 1. The zero-order valence-electron chi connectivity index (χ0n) is 17.9. The quantitative estimate of drug-likeness (QED) is 0.493. The van der Waals surface area contributed by atoms with Crippen molar-refractivity contribution in [2.24, 2.45) is 7.05 Å². The third-order valence-corrected chi connectivity index (χ3v) is 5.83. The van der Waals surface area contributed by atoms with Gasteiger partial charge in [0, 0.05) is 49.6 Å². The lowest BCUT2D eigenvalue weighted by atomic mass is 9.97. The molecule has 1 amide bonds. The van der Waals surface area contributed by atoms with Gasteiger partial charge in [-0.3, -0.25) is 9.48 Å². The van der Waals surface area contributed by atoms with Crippen LogP contribution in [0.2, 0.25) is 0 Å². The summed E-state index contributed by atoms with van der Waals surface area (Å²) in [6, 6.07) is 9.89. The number of carbonyl (C=O) groups is 1. The van der Waals surface area contributed by atoms with Gasteiger partial charge < -0.3 is 9.64 Å².